The summed E-state index contributed by atoms with van der Waals surface area (Å²) in [5, 5.41) is 3.33. The van der Waals surface area contributed by atoms with E-state index in [-0.39, 0.29) is 11.9 Å². The van der Waals surface area contributed by atoms with E-state index in [1.807, 2.05) is 26.1 Å². The second kappa shape index (κ2) is 7.19. The van der Waals surface area contributed by atoms with Gasteiger partial charge in [-0.15, -0.1) is 0 Å². The van der Waals surface area contributed by atoms with Crippen molar-refractivity contribution in [2.75, 3.05) is 20.1 Å². The third kappa shape index (κ3) is 4.03. The zero-order chi connectivity index (χ0) is 14.5. The molecule has 0 spiro atoms. The van der Waals surface area contributed by atoms with Crippen molar-refractivity contribution in [2.45, 2.75) is 51.6 Å². The molecule has 1 aliphatic rings. The molecule has 1 aliphatic carbocycles. The average molecular weight is 278 g/mol. The van der Waals surface area contributed by atoms with Crippen LogP contribution in [0.4, 0.5) is 4.39 Å². The number of hydrogen-bond donors (Lipinski definition) is 1. The minimum absolute atomic E-state index is 0.102. The van der Waals surface area contributed by atoms with Crippen LogP contribution in [0.1, 0.15) is 49.8 Å². The quantitative estimate of drug-likeness (QED) is 0.780. The summed E-state index contributed by atoms with van der Waals surface area (Å²) in [6.45, 7) is 6.33. The highest BCUT2D eigenvalue weighted by molar-refractivity contribution is 5.25. The van der Waals surface area contributed by atoms with Crippen molar-refractivity contribution in [2.24, 2.45) is 0 Å². The number of rotatable bonds is 8. The molecule has 1 saturated carbocycles. The molecule has 3 heteroatoms. The summed E-state index contributed by atoms with van der Waals surface area (Å²) in [6, 6.07) is 6.64. The van der Waals surface area contributed by atoms with Crippen molar-refractivity contribution in [1.82, 2.24) is 10.2 Å². The normalized spacial score (nSPS) is 16.6. The predicted molar refractivity (Wildman–Crippen MR) is 82.4 cm³/mol. The molecule has 1 unspecified atom stereocenters. The van der Waals surface area contributed by atoms with Gasteiger partial charge in [0.2, 0.25) is 0 Å². The fourth-order valence-electron chi connectivity index (χ4n) is 2.80. The lowest BCUT2D eigenvalue weighted by Crippen LogP contribution is -2.31. The van der Waals surface area contributed by atoms with Gasteiger partial charge in [-0.1, -0.05) is 19.1 Å². The SMILES string of the molecule is CCCN(CCC(NC)c1ccc(C)c(F)c1)C1CC1. The van der Waals surface area contributed by atoms with Crippen molar-refractivity contribution in [1.29, 1.82) is 0 Å². The molecule has 2 rings (SSSR count). The topological polar surface area (TPSA) is 15.3 Å². The molecule has 112 valence electrons. The van der Waals surface area contributed by atoms with Gasteiger partial charge in [0.25, 0.3) is 0 Å². The van der Waals surface area contributed by atoms with Crippen LogP contribution in [-0.4, -0.2) is 31.1 Å². The van der Waals surface area contributed by atoms with E-state index >= 15 is 0 Å². The van der Waals surface area contributed by atoms with Gasteiger partial charge in [-0.25, -0.2) is 4.39 Å². The first kappa shape index (κ1) is 15.5. The minimum atomic E-state index is -0.102. The number of aryl methyl sites for hydroxylation is 1. The molecule has 0 heterocycles. The van der Waals surface area contributed by atoms with Gasteiger partial charge in [-0.2, -0.15) is 0 Å². The molecular formula is C17H27FN2. The van der Waals surface area contributed by atoms with Crippen LogP contribution in [-0.2, 0) is 0 Å². The van der Waals surface area contributed by atoms with Crippen LogP contribution in [0.3, 0.4) is 0 Å². The van der Waals surface area contributed by atoms with Crippen molar-refractivity contribution >= 4 is 0 Å². The number of halogens is 1. The average Bonchev–Trinajstić information content (AvgIpc) is 3.26. The lowest BCUT2D eigenvalue weighted by molar-refractivity contribution is 0.249. The standard InChI is InChI=1S/C17H27FN2/c1-4-10-20(15-7-8-15)11-9-17(19-3)14-6-5-13(2)16(18)12-14/h5-6,12,15,17,19H,4,7-11H2,1-3H3. The van der Waals surface area contributed by atoms with Gasteiger partial charge >= 0.3 is 0 Å². The first-order valence-electron chi connectivity index (χ1n) is 7.83. The molecule has 0 saturated heterocycles. The number of benzene rings is 1. The molecular weight excluding hydrogens is 251 g/mol. The molecule has 20 heavy (non-hydrogen) atoms. The first-order chi connectivity index (χ1) is 9.65. The molecule has 0 radical (unpaired) electrons. The van der Waals surface area contributed by atoms with Gasteiger partial charge in [0, 0.05) is 18.6 Å². The molecule has 1 atom stereocenters. The van der Waals surface area contributed by atoms with Crippen molar-refractivity contribution in [3.63, 3.8) is 0 Å². The summed E-state index contributed by atoms with van der Waals surface area (Å²) >= 11 is 0. The highest BCUT2D eigenvalue weighted by atomic mass is 19.1. The fraction of sp³-hybridized carbons (Fsp3) is 0.647. The van der Waals surface area contributed by atoms with Crippen molar-refractivity contribution < 1.29 is 4.39 Å². The number of hydrogen-bond acceptors (Lipinski definition) is 2. The van der Waals surface area contributed by atoms with E-state index in [2.05, 4.69) is 17.1 Å². The fourth-order valence-corrected chi connectivity index (χ4v) is 2.80. The van der Waals surface area contributed by atoms with Crippen LogP contribution in [0.25, 0.3) is 0 Å². The van der Waals surface area contributed by atoms with Crippen LogP contribution in [0.5, 0.6) is 0 Å². The van der Waals surface area contributed by atoms with E-state index in [9.17, 15) is 4.39 Å². The monoisotopic (exact) mass is 278 g/mol. The van der Waals surface area contributed by atoms with Crippen molar-refractivity contribution in [3.8, 4) is 0 Å². The van der Waals surface area contributed by atoms with Gasteiger partial charge < -0.3 is 10.2 Å². The minimum Gasteiger partial charge on any atom is -0.313 e. The van der Waals surface area contributed by atoms with Gasteiger partial charge in [0.1, 0.15) is 5.82 Å². The third-order valence-corrected chi connectivity index (χ3v) is 4.23. The van der Waals surface area contributed by atoms with Gasteiger partial charge in [0.05, 0.1) is 0 Å². The lowest BCUT2D eigenvalue weighted by Gasteiger charge is -2.25. The van der Waals surface area contributed by atoms with Crippen LogP contribution in [0, 0.1) is 12.7 Å². The Balaban J connectivity index is 1.95. The Hall–Kier alpha value is -0.930. The highest BCUT2D eigenvalue weighted by Crippen LogP contribution is 2.28. The van der Waals surface area contributed by atoms with Crippen LogP contribution in [0.15, 0.2) is 18.2 Å². The number of nitrogens with zero attached hydrogens (tertiary/aromatic N) is 1. The van der Waals surface area contributed by atoms with E-state index in [0.717, 1.165) is 24.6 Å². The van der Waals surface area contributed by atoms with Crippen LogP contribution < -0.4 is 5.32 Å². The van der Waals surface area contributed by atoms with Gasteiger partial charge in [-0.05, 0) is 63.4 Å². The Kier molecular flexibility index (Phi) is 5.55. The molecule has 1 N–H and O–H groups in total. The third-order valence-electron chi connectivity index (χ3n) is 4.23. The number of nitrogens with one attached hydrogen (secondary N) is 1. The Labute approximate surface area is 122 Å². The lowest BCUT2D eigenvalue weighted by atomic mass is 10.0. The maximum absolute atomic E-state index is 13.7. The summed E-state index contributed by atoms with van der Waals surface area (Å²) < 4.78 is 13.7. The summed E-state index contributed by atoms with van der Waals surface area (Å²) in [6.07, 6.45) is 4.95. The van der Waals surface area contributed by atoms with Gasteiger partial charge in [0.15, 0.2) is 0 Å². The first-order valence-corrected chi connectivity index (χ1v) is 7.83. The summed E-state index contributed by atoms with van der Waals surface area (Å²) in [5.41, 5.74) is 1.78. The Morgan fingerprint density at radius 1 is 1.35 bits per heavy atom. The van der Waals surface area contributed by atoms with E-state index < -0.39 is 0 Å². The van der Waals surface area contributed by atoms with Crippen LogP contribution >= 0.6 is 0 Å². The smallest absolute Gasteiger partial charge is 0.126 e. The largest absolute Gasteiger partial charge is 0.313 e. The Morgan fingerprint density at radius 2 is 2.10 bits per heavy atom. The zero-order valence-electron chi connectivity index (χ0n) is 13.0. The Morgan fingerprint density at radius 3 is 2.65 bits per heavy atom. The summed E-state index contributed by atoms with van der Waals surface area (Å²) in [4.78, 5) is 2.59. The summed E-state index contributed by atoms with van der Waals surface area (Å²) in [5.74, 6) is -0.102. The highest BCUT2D eigenvalue weighted by Gasteiger charge is 2.28. The van der Waals surface area contributed by atoms with E-state index in [4.69, 9.17) is 0 Å². The predicted octanol–water partition coefficient (Wildman–Crippen LogP) is 3.66. The van der Waals surface area contributed by atoms with E-state index in [1.54, 1.807) is 6.07 Å². The van der Waals surface area contributed by atoms with Gasteiger partial charge in [-0.3, -0.25) is 0 Å². The molecule has 0 aliphatic heterocycles. The second-order valence-electron chi connectivity index (χ2n) is 5.91. The van der Waals surface area contributed by atoms with Crippen LogP contribution in [0.2, 0.25) is 0 Å². The maximum atomic E-state index is 13.7. The zero-order valence-corrected chi connectivity index (χ0v) is 13.0. The second-order valence-corrected chi connectivity index (χ2v) is 5.91. The van der Waals surface area contributed by atoms with Crippen molar-refractivity contribution in [3.05, 3.63) is 35.1 Å². The molecule has 0 bridgehead atoms. The molecule has 0 aromatic heterocycles. The van der Waals surface area contributed by atoms with E-state index in [0.29, 0.717) is 5.56 Å². The molecule has 1 aromatic carbocycles. The van der Waals surface area contributed by atoms with E-state index in [1.165, 1.54) is 25.8 Å². The molecule has 2 nitrogen and oxygen atoms in total. The molecule has 1 fully saturated rings. The maximum Gasteiger partial charge on any atom is 0.126 e. The molecule has 1 aromatic rings. The Bertz CT molecular complexity index is 429. The molecule has 0 amide bonds. The summed E-state index contributed by atoms with van der Waals surface area (Å²) in [7, 11) is 1.96.